The molecule has 0 aliphatic carbocycles. The van der Waals surface area contributed by atoms with Crippen LogP contribution in [0.4, 0.5) is 0 Å². The summed E-state index contributed by atoms with van der Waals surface area (Å²) in [6.45, 7) is 9.67. The number of ether oxygens (including phenoxy) is 4. The van der Waals surface area contributed by atoms with Gasteiger partial charge in [-0.2, -0.15) is 0 Å². The number of aliphatic hydroxyl groups is 1. The molecule has 0 saturated heterocycles. The number of carbonyl (C=O) groups excluding carboxylic acids is 4. The van der Waals surface area contributed by atoms with Crippen molar-refractivity contribution in [2.45, 2.75) is 477 Å². The van der Waals surface area contributed by atoms with E-state index in [1.54, 1.807) is 0 Å². The van der Waals surface area contributed by atoms with Crippen LogP contribution in [0.5, 0.6) is 0 Å². The van der Waals surface area contributed by atoms with Gasteiger partial charge in [-0.15, -0.1) is 0 Å². The molecular formula is C86H168O17P2. The topological polar surface area (TPSA) is 237 Å². The number of hydrogen-bond donors (Lipinski definition) is 3. The monoisotopic (exact) mass is 1540 g/mol. The molecule has 0 amide bonds. The van der Waals surface area contributed by atoms with Crippen LogP contribution >= 0.6 is 15.6 Å². The molecule has 2 unspecified atom stereocenters. The van der Waals surface area contributed by atoms with E-state index >= 15 is 0 Å². The summed E-state index contributed by atoms with van der Waals surface area (Å²) in [6.07, 6.45) is 69.7. The molecule has 0 aromatic heterocycles. The lowest BCUT2D eigenvalue weighted by Crippen LogP contribution is -2.30. The predicted octanol–water partition coefficient (Wildman–Crippen LogP) is 26.2. The maximum atomic E-state index is 13.1. The van der Waals surface area contributed by atoms with Crippen molar-refractivity contribution in [2.24, 2.45) is 11.8 Å². The summed E-state index contributed by atoms with van der Waals surface area (Å²) in [5.41, 5.74) is 0. The molecule has 105 heavy (non-hydrogen) atoms. The highest BCUT2D eigenvalue weighted by molar-refractivity contribution is 7.47. The molecule has 0 spiro atoms. The third kappa shape index (κ3) is 79.9. The first-order valence-electron chi connectivity index (χ1n) is 44.5. The van der Waals surface area contributed by atoms with Crippen molar-refractivity contribution in [1.29, 1.82) is 0 Å². The lowest BCUT2D eigenvalue weighted by molar-refractivity contribution is -0.161. The van der Waals surface area contributed by atoms with Crippen molar-refractivity contribution < 1.29 is 80.2 Å². The summed E-state index contributed by atoms with van der Waals surface area (Å²) < 4.78 is 68.8. The van der Waals surface area contributed by atoms with Gasteiger partial charge in [0.15, 0.2) is 12.2 Å². The zero-order valence-corrected chi connectivity index (χ0v) is 70.8. The van der Waals surface area contributed by atoms with Gasteiger partial charge >= 0.3 is 39.5 Å². The van der Waals surface area contributed by atoms with Gasteiger partial charge in [-0.1, -0.05) is 408 Å². The van der Waals surface area contributed by atoms with E-state index in [1.807, 2.05) is 0 Å². The predicted molar refractivity (Wildman–Crippen MR) is 432 cm³/mol. The van der Waals surface area contributed by atoms with E-state index in [2.05, 4.69) is 41.5 Å². The van der Waals surface area contributed by atoms with Crippen LogP contribution in [0.15, 0.2) is 0 Å². The Balaban J connectivity index is 5.17. The second-order valence-electron chi connectivity index (χ2n) is 31.9. The maximum Gasteiger partial charge on any atom is 0.472 e. The zero-order valence-electron chi connectivity index (χ0n) is 69.0. The first-order chi connectivity index (χ1) is 50.9. The first kappa shape index (κ1) is 103. The number of rotatable bonds is 85. The Bertz CT molecular complexity index is 2010. The fourth-order valence-electron chi connectivity index (χ4n) is 13.4. The van der Waals surface area contributed by atoms with Crippen LogP contribution in [0.3, 0.4) is 0 Å². The van der Waals surface area contributed by atoms with E-state index in [0.717, 1.165) is 108 Å². The second-order valence-corrected chi connectivity index (χ2v) is 34.8. The Morgan fingerprint density at radius 2 is 0.438 bits per heavy atom. The number of unbranched alkanes of at least 4 members (excludes halogenated alkanes) is 55. The molecule has 624 valence electrons. The van der Waals surface area contributed by atoms with Crippen molar-refractivity contribution in [3.8, 4) is 0 Å². The molecule has 0 aromatic carbocycles. The summed E-state index contributed by atoms with van der Waals surface area (Å²) in [5, 5.41) is 10.7. The number of hydrogen-bond acceptors (Lipinski definition) is 15. The van der Waals surface area contributed by atoms with E-state index < -0.39 is 97.5 Å². The van der Waals surface area contributed by atoms with Crippen LogP contribution in [0, 0.1) is 11.8 Å². The van der Waals surface area contributed by atoms with Crippen LogP contribution in [-0.2, 0) is 65.4 Å². The number of esters is 4. The van der Waals surface area contributed by atoms with Crippen LogP contribution in [0.1, 0.15) is 459 Å². The number of phosphoric acid groups is 2. The van der Waals surface area contributed by atoms with Gasteiger partial charge in [0.05, 0.1) is 26.4 Å². The molecule has 0 radical (unpaired) electrons. The van der Waals surface area contributed by atoms with Crippen LogP contribution in [-0.4, -0.2) is 96.7 Å². The lowest BCUT2D eigenvalue weighted by atomic mass is 10.0. The zero-order chi connectivity index (χ0) is 77.1. The molecule has 3 N–H and O–H groups in total. The summed E-state index contributed by atoms with van der Waals surface area (Å²) >= 11 is 0. The summed E-state index contributed by atoms with van der Waals surface area (Å²) in [4.78, 5) is 73.1. The van der Waals surface area contributed by atoms with Gasteiger partial charge in [-0.3, -0.25) is 37.3 Å². The van der Waals surface area contributed by atoms with Gasteiger partial charge in [-0.05, 0) is 37.5 Å². The number of phosphoric ester groups is 2. The lowest BCUT2D eigenvalue weighted by Gasteiger charge is -2.21. The van der Waals surface area contributed by atoms with Crippen molar-refractivity contribution in [3.05, 3.63) is 0 Å². The Kier molecular flexibility index (Phi) is 76.0. The second kappa shape index (κ2) is 77.4. The number of aliphatic hydroxyl groups excluding tert-OH is 1. The fourth-order valence-corrected chi connectivity index (χ4v) is 15.0. The van der Waals surface area contributed by atoms with Gasteiger partial charge in [0.1, 0.15) is 19.3 Å². The molecule has 19 heteroatoms. The average Bonchev–Trinajstić information content (AvgIpc) is 0.908. The maximum absolute atomic E-state index is 13.1. The van der Waals surface area contributed by atoms with Gasteiger partial charge in [0, 0.05) is 25.7 Å². The summed E-state index contributed by atoms with van der Waals surface area (Å²) in [5.74, 6) is -0.518. The Labute approximate surface area is 645 Å². The summed E-state index contributed by atoms with van der Waals surface area (Å²) in [6, 6.07) is 0. The molecule has 0 heterocycles. The molecule has 0 fully saturated rings. The SMILES string of the molecule is CCCCCCCCCCCCCCCCCCCCCCCCC(=O)O[C@H](COC(=O)CCCCCCCCCCCCCCCCCCCCC(C)C)COP(=O)(O)OC[C@@H](O)COP(=O)(O)OC[C@@H](COC(=O)CCCCCCCCCC)OC(=O)CCCCCCCCCCCCCC(C)C. The van der Waals surface area contributed by atoms with Gasteiger partial charge in [0.25, 0.3) is 0 Å². The Morgan fingerprint density at radius 1 is 0.257 bits per heavy atom. The van der Waals surface area contributed by atoms with E-state index in [0.29, 0.717) is 25.7 Å². The molecule has 0 saturated carbocycles. The highest BCUT2D eigenvalue weighted by atomic mass is 31.2. The van der Waals surface area contributed by atoms with Crippen LogP contribution in [0.2, 0.25) is 0 Å². The third-order valence-corrected chi connectivity index (χ3v) is 22.1. The van der Waals surface area contributed by atoms with Crippen molar-refractivity contribution >= 4 is 39.5 Å². The van der Waals surface area contributed by atoms with E-state index in [9.17, 15) is 43.2 Å². The smallest absolute Gasteiger partial charge is 0.462 e. The van der Waals surface area contributed by atoms with Gasteiger partial charge in [-0.25, -0.2) is 9.13 Å². The van der Waals surface area contributed by atoms with Crippen molar-refractivity contribution in [3.63, 3.8) is 0 Å². The molecule has 17 nitrogen and oxygen atoms in total. The third-order valence-electron chi connectivity index (χ3n) is 20.2. The molecule has 0 bridgehead atoms. The van der Waals surface area contributed by atoms with E-state index in [4.69, 9.17) is 37.0 Å². The molecule has 0 aliphatic rings. The normalized spacial score (nSPS) is 13.8. The minimum Gasteiger partial charge on any atom is -0.462 e. The molecule has 0 aromatic rings. The van der Waals surface area contributed by atoms with Crippen LogP contribution in [0.25, 0.3) is 0 Å². The van der Waals surface area contributed by atoms with E-state index in [-0.39, 0.29) is 25.7 Å². The van der Waals surface area contributed by atoms with Crippen molar-refractivity contribution in [2.75, 3.05) is 39.6 Å². The molecular weight excluding hydrogens is 1370 g/mol. The van der Waals surface area contributed by atoms with Gasteiger partial charge < -0.3 is 33.8 Å². The minimum absolute atomic E-state index is 0.107. The quantitative estimate of drug-likeness (QED) is 0.0222. The van der Waals surface area contributed by atoms with Gasteiger partial charge in [0.2, 0.25) is 0 Å². The highest BCUT2D eigenvalue weighted by Gasteiger charge is 2.30. The molecule has 5 atom stereocenters. The highest BCUT2D eigenvalue weighted by Crippen LogP contribution is 2.45. The standard InChI is InChI=1S/C86H168O17P2/c1-7-9-11-13-15-17-18-19-20-21-22-23-24-25-30-33-36-41-46-52-58-64-70-85(90)103-82(75-97-84(89)69-63-57-51-45-40-35-32-29-27-26-28-31-34-38-43-48-54-60-66-78(3)4)77-101-105(94,95)99-73-80(87)72-98-104(92,93)100-76-81(74-96-83(88)68-62-56-50-16-14-12-10-8-2)102-86(91)71-65-59-53-47-42-37-39-44-49-55-61-67-79(5)6/h78-82,87H,7-77H2,1-6H3,(H,92,93)(H,94,95)/t80-,81+,82+/m0/s1. The summed E-state index contributed by atoms with van der Waals surface area (Å²) in [7, 11) is -9.92. The molecule has 0 rings (SSSR count). The van der Waals surface area contributed by atoms with Crippen LogP contribution < -0.4 is 0 Å². The average molecular weight is 1540 g/mol. The minimum atomic E-state index is -4.96. The van der Waals surface area contributed by atoms with Crippen molar-refractivity contribution in [1.82, 2.24) is 0 Å². The fraction of sp³-hybridized carbons (Fsp3) is 0.953. The molecule has 0 aliphatic heterocycles. The largest absolute Gasteiger partial charge is 0.472 e. The number of carbonyl (C=O) groups is 4. The first-order valence-corrected chi connectivity index (χ1v) is 47.5. The Hall–Kier alpha value is -1.94. The van der Waals surface area contributed by atoms with E-state index in [1.165, 1.54) is 270 Å². The Morgan fingerprint density at radius 3 is 0.648 bits per heavy atom.